The number of benzene rings is 2. The summed E-state index contributed by atoms with van der Waals surface area (Å²) in [5.74, 6) is -0.655. The van der Waals surface area contributed by atoms with Crippen LogP contribution in [0.15, 0.2) is 58.5 Å². The Morgan fingerprint density at radius 3 is 2.58 bits per heavy atom. The first-order chi connectivity index (χ1) is 14.7. The standard InChI is InChI=1S/C21H20F3N3O3S/c1-13(18(29)25-17-10-5-3-8-15(17)21(22,23)24)31-20-26-16-9-4-2-7-14(16)19(30)27(20)11-6-12-28/h2-5,7-10,13,28H,6,11-12H2,1H3,(H,25,29). The van der Waals surface area contributed by atoms with E-state index in [2.05, 4.69) is 10.3 Å². The maximum Gasteiger partial charge on any atom is 0.418 e. The van der Waals surface area contributed by atoms with E-state index in [0.29, 0.717) is 17.3 Å². The van der Waals surface area contributed by atoms with Gasteiger partial charge in [-0.25, -0.2) is 4.98 Å². The van der Waals surface area contributed by atoms with E-state index in [0.717, 1.165) is 17.8 Å². The molecule has 31 heavy (non-hydrogen) atoms. The van der Waals surface area contributed by atoms with Crippen LogP contribution in [-0.2, 0) is 17.5 Å². The second-order valence-electron chi connectivity index (χ2n) is 6.74. The van der Waals surface area contributed by atoms with Gasteiger partial charge in [-0.3, -0.25) is 14.2 Å². The van der Waals surface area contributed by atoms with E-state index in [1.54, 1.807) is 24.3 Å². The highest BCUT2D eigenvalue weighted by Crippen LogP contribution is 2.35. The largest absolute Gasteiger partial charge is 0.418 e. The van der Waals surface area contributed by atoms with Crippen molar-refractivity contribution in [1.82, 2.24) is 9.55 Å². The van der Waals surface area contributed by atoms with Gasteiger partial charge in [0.15, 0.2) is 5.16 Å². The fourth-order valence-electron chi connectivity index (χ4n) is 2.95. The molecule has 1 heterocycles. The second kappa shape index (κ2) is 9.52. The van der Waals surface area contributed by atoms with Gasteiger partial charge in [0.1, 0.15) is 0 Å². The molecule has 1 atom stereocenters. The summed E-state index contributed by atoms with van der Waals surface area (Å²) < 4.78 is 40.9. The zero-order chi connectivity index (χ0) is 22.6. The second-order valence-corrected chi connectivity index (χ2v) is 8.05. The lowest BCUT2D eigenvalue weighted by atomic mass is 10.1. The number of thioether (sulfide) groups is 1. The van der Waals surface area contributed by atoms with Gasteiger partial charge in [-0.05, 0) is 37.6 Å². The van der Waals surface area contributed by atoms with Gasteiger partial charge in [0.25, 0.3) is 5.56 Å². The van der Waals surface area contributed by atoms with Crippen LogP contribution in [0.1, 0.15) is 18.9 Å². The first-order valence-electron chi connectivity index (χ1n) is 9.46. The van der Waals surface area contributed by atoms with Crippen molar-refractivity contribution in [2.45, 2.75) is 36.5 Å². The number of para-hydroxylation sites is 2. The molecule has 0 aliphatic carbocycles. The van der Waals surface area contributed by atoms with Gasteiger partial charge >= 0.3 is 6.18 Å². The molecule has 2 aromatic carbocycles. The minimum atomic E-state index is -4.61. The molecule has 0 aliphatic heterocycles. The van der Waals surface area contributed by atoms with E-state index in [-0.39, 0.29) is 29.6 Å². The number of nitrogens with one attached hydrogen (secondary N) is 1. The predicted molar refractivity (Wildman–Crippen MR) is 113 cm³/mol. The number of aliphatic hydroxyl groups excluding tert-OH is 1. The van der Waals surface area contributed by atoms with Crippen LogP contribution in [0.3, 0.4) is 0 Å². The number of nitrogens with zero attached hydrogens (tertiary/aromatic N) is 2. The molecule has 10 heteroatoms. The molecule has 3 rings (SSSR count). The first-order valence-corrected chi connectivity index (χ1v) is 10.3. The van der Waals surface area contributed by atoms with Gasteiger partial charge in [0.2, 0.25) is 5.91 Å². The number of halogens is 3. The molecule has 0 saturated heterocycles. The van der Waals surface area contributed by atoms with Gasteiger partial charge in [0, 0.05) is 13.2 Å². The van der Waals surface area contributed by atoms with Crippen molar-refractivity contribution in [3.63, 3.8) is 0 Å². The number of aromatic nitrogens is 2. The van der Waals surface area contributed by atoms with Gasteiger partial charge in [0.05, 0.1) is 27.4 Å². The number of fused-ring (bicyclic) bond motifs is 1. The zero-order valence-corrected chi connectivity index (χ0v) is 17.3. The van der Waals surface area contributed by atoms with Crippen LogP contribution >= 0.6 is 11.8 Å². The Balaban J connectivity index is 1.88. The highest BCUT2D eigenvalue weighted by atomic mass is 32.2. The summed E-state index contributed by atoms with van der Waals surface area (Å²) in [5, 5.41) is 11.3. The summed E-state index contributed by atoms with van der Waals surface area (Å²) in [6, 6.07) is 11.5. The minimum absolute atomic E-state index is 0.131. The van der Waals surface area contributed by atoms with Crippen molar-refractivity contribution < 1.29 is 23.1 Å². The molecule has 2 N–H and O–H groups in total. The Kier molecular flexibility index (Phi) is 7.01. The van der Waals surface area contributed by atoms with Crippen LogP contribution in [0.4, 0.5) is 18.9 Å². The average molecular weight is 451 g/mol. The molecule has 1 aromatic heterocycles. The Bertz CT molecular complexity index is 1150. The number of rotatable bonds is 7. The molecule has 0 radical (unpaired) electrons. The van der Waals surface area contributed by atoms with Crippen molar-refractivity contribution in [1.29, 1.82) is 0 Å². The summed E-state index contributed by atoms with van der Waals surface area (Å²) in [6.45, 7) is 1.59. The molecule has 3 aromatic rings. The summed E-state index contributed by atoms with van der Waals surface area (Å²) in [5.41, 5.74) is -1.14. The fourth-order valence-corrected chi connectivity index (χ4v) is 3.88. The number of hydrogen-bond donors (Lipinski definition) is 2. The molecule has 0 spiro atoms. The van der Waals surface area contributed by atoms with Crippen molar-refractivity contribution in [3.05, 3.63) is 64.4 Å². The smallest absolute Gasteiger partial charge is 0.396 e. The van der Waals surface area contributed by atoms with Gasteiger partial charge in [-0.2, -0.15) is 13.2 Å². The van der Waals surface area contributed by atoms with E-state index in [9.17, 15) is 22.8 Å². The molecule has 164 valence electrons. The Labute approximate surface area is 180 Å². The van der Waals surface area contributed by atoms with Crippen LogP contribution in [0.2, 0.25) is 0 Å². The highest BCUT2D eigenvalue weighted by Gasteiger charge is 2.34. The lowest BCUT2D eigenvalue weighted by Crippen LogP contribution is -2.28. The number of amides is 1. The van der Waals surface area contributed by atoms with Crippen molar-refractivity contribution in [2.75, 3.05) is 11.9 Å². The van der Waals surface area contributed by atoms with Crippen molar-refractivity contribution in [2.24, 2.45) is 0 Å². The molecular formula is C21H20F3N3O3S. The summed E-state index contributed by atoms with van der Waals surface area (Å²) in [6.07, 6.45) is -4.29. The third-order valence-corrected chi connectivity index (χ3v) is 5.60. The Hall–Kier alpha value is -2.85. The van der Waals surface area contributed by atoms with E-state index in [1.807, 2.05) is 0 Å². The van der Waals surface area contributed by atoms with E-state index in [4.69, 9.17) is 5.11 Å². The molecule has 0 fully saturated rings. The molecular weight excluding hydrogens is 431 g/mol. The first kappa shape index (κ1) is 22.8. The summed E-state index contributed by atoms with van der Waals surface area (Å²) in [4.78, 5) is 29.9. The predicted octanol–water partition coefficient (Wildman–Crippen LogP) is 3.92. The van der Waals surface area contributed by atoms with Crippen LogP contribution in [0.25, 0.3) is 10.9 Å². The maximum absolute atomic E-state index is 13.2. The quantitative estimate of drug-likeness (QED) is 0.420. The summed E-state index contributed by atoms with van der Waals surface area (Å²) in [7, 11) is 0. The molecule has 1 unspecified atom stereocenters. The van der Waals surface area contributed by atoms with E-state index >= 15 is 0 Å². The number of carbonyl (C=O) groups excluding carboxylic acids is 1. The SMILES string of the molecule is CC(Sc1nc2ccccc2c(=O)n1CCCO)C(=O)Nc1ccccc1C(F)(F)F. The lowest BCUT2D eigenvalue weighted by Gasteiger charge is -2.18. The van der Waals surface area contributed by atoms with Crippen molar-refractivity contribution in [3.8, 4) is 0 Å². The number of alkyl halides is 3. The van der Waals surface area contributed by atoms with Crippen LogP contribution in [0.5, 0.6) is 0 Å². The van der Waals surface area contributed by atoms with Crippen LogP contribution in [-0.4, -0.2) is 32.4 Å². The average Bonchev–Trinajstić information content (AvgIpc) is 2.73. The van der Waals surface area contributed by atoms with Gasteiger partial charge in [-0.1, -0.05) is 36.0 Å². The lowest BCUT2D eigenvalue weighted by molar-refractivity contribution is -0.137. The zero-order valence-electron chi connectivity index (χ0n) is 16.5. The van der Waals surface area contributed by atoms with Crippen LogP contribution in [0, 0.1) is 0 Å². The molecule has 6 nitrogen and oxygen atoms in total. The fraction of sp³-hybridized carbons (Fsp3) is 0.286. The molecule has 0 aliphatic rings. The molecule has 0 bridgehead atoms. The number of anilines is 1. The Morgan fingerprint density at radius 2 is 1.87 bits per heavy atom. The molecule has 0 saturated carbocycles. The molecule has 1 amide bonds. The van der Waals surface area contributed by atoms with Crippen LogP contribution < -0.4 is 10.9 Å². The van der Waals surface area contributed by atoms with Gasteiger partial charge < -0.3 is 10.4 Å². The Morgan fingerprint density at radius 1 is 1.19 bits per heavy atom. The number of carbonyl (C=O) groups is 1. The number of aliphatic hydroxyl groups is 1. The maximum atomic E-state index is 13.2. The third kappa shape index (κ3) is 5.26. The highest BCUT2D eigenvalue weighted by molar-refractivity contribution is 8.00. The normalized spacial score (nSPS) is 12.7. The topological polar surface area (TPSA) is 84.2 Å². The van der Waals surface area contributed by atoms with Gasteiger partial charge in [-0.15, -0.1) is 0 Å². The summed E-state index contributed by atoms with van der Waals surface area (Å²) >= 11 is 0.967. The van der Waals surface area contributed by atoms with E-state index in [1.165, 1.54) is 29.7 Å². The van der Waals surface area contributed by atoms with Crippen molar-refractivity contribution >= 4 is 34.3 Å². The minimum Gasteiger partial charge on any atom is -0.396 e. The number of hydrogen-bond acceptors (Lipinski definition) is 5. The van der Waals surface area contributed by atoms with E-state index < -0.39 is 22.9 Å². The third-order valence-electron chi connectivity index (χ3n) is 4.51. The monoisotopic (exact) mass is 451 g/mol.